The Labute approximate surface area is 175 Å². The highest BCUT2D eigenvalue weighted by Crippen LogP contribution is 2.18. The van der Waals surface area contributed by atoms with Gasteiger partial charge in [-0.05, 0) is 44.4 Å². The van der Waals surface area contributed by atoms with Crippen LogP contribution >= 0.6 is 0 Å². The number of amides is 1. The Morgan fingerprint density at radius 1 is 1.10 bits per heavy atom. The molecule has 30 heavy (non-hydrogen) atoms. The fourth-order valence-electron chi connectivity index (χ4n) is 4.71. The molecule has 1 amide bonds. The van der Waals surface area contributed by atoms with E-state index >= 15 is 0 Å². The summed E-state index contributed by atoms with van der Waals surface area (Å²) in [4.78, 5) is 35.2. The molecule has 0 bridgehead atoms. The SMILES string of the molecule is Cc1cn2c(n1)CCC(NC(=O)c1ccc3c(=O)n4c(nc3c1)CCCCCC4)C2. The number of aromatic nitrogens is 4. The van der Waals surface area contributed by atoms with Crippen LogP contribution in [-0.4, -0.2) is 31.1 Å². The van der Waals surface area contributed by atoms with Crippen molar-refractivity contribution in [2.45, 2.75) is 71.0 Å². The van der Waals surface area contributed by atoms with Crippen LogP contribution in [0.25, 0.3) is 10.9 Å². The van der Waals surface area contributed by atoms with E-state index in [0.29, 0.717) is 16.5 Å². The minimum atomic E-state index is -0.115. The van der Waals surface area contributed by atoms with Gasteiger partial charge in [-0.1, -0.05) is 12.8 Å². The number of rotatable bonds is 2. The predicted molar refractivity (Wildman–Crippen MR) is 115 cm³/mol. The van der Waals surface area contributed by atoms with Gasteiger partial charge in [0.15, 0.2) is 0 Å². The van der Waals surface area contributed by atoms with Crippen molar-refractivity contribution >= 4 is 16.8 Å². The Morgan fingerprint density at radius 3 is 2.87 bits per heavy atom. The first-order chi connectivity index (χ1) is 14.6. The van der Waals surface area contributed by atoms with E-state index in [1.165, 1.54) is 6.42 Å². The molecule has 2 aliphatic rings. The lowest BCUT2D eigenvalue weighted by molar-refractivity contribution is 0.0927. The molecule has 4 heterocycles. The van der Waals surface area contributed by atoms with E-state index in [0.717, 1.165) is 69.0 Å². The second-order valence-corrected chi connectivity index (χ2v) is 8.54. The molecule has 0 radical (unpaired) electrons. The Hall–Kier alpha value is -2.96. The number of aryl methyl sites for hydroxylation is 3. The molecule has 2 aromatic heterocycles. The van der Waals surface area contributed by atoms with Crippen LogP contribution in [0.3, 0.4) is 0 Å². The molecule has 1 aromatic carbocycles. The molecular formula is C23H27N5O2. The largest absolute Gasteiger partial charge is 0.347 e. The quantitative estimate of drug-likeness (QED) is 0.711. The summed E-state index contributed by atoms with van der Waals surface area (Å²) in [5.41, 5.74) is 2.20. The molecule has 0 saturated carbocycles. The maximum atomic E-state index is 13.0. The zero-order valence-corrected chi connectivity index (χ0v) is 17.4. The summed E-state index contributed by atoms with van der Waals surface area (Å²) in [7, 11) is 0. The van der Waals surface area contributed by atoms with E-state index in [1.807, 2.05) is 17.7 Å². The minimum Gasteiger partial charge on any atom is -0.347 e. The zero-order chi connectivity index (χ0) is 20.7. The normalized spacial score (nSPS) is 18.9. The lowest BCUT2D eigenvalue weighted by Crippen LogP contribution is -2.40. The fraction of sp³-hybridized carbons (Fsp3) is 0.478. The maximum Gasteiger partial charge on any atom is 0.261 e. The van der Waals surface area contributed by atoms with Crippen molar-refractivity contribution in [2.24, 2.45) is 0 Å². The van der Waals surface area contributed by atoms with Crippen molar-refractivity contribution < 1.29 is 4.79 Å². The second kappa shape index (κ2) is 7.70. The Kier molecular flexibility index (Phi) is 4.89. The van der Waals surface area contributed by atoms with Crippen molar-refractivity contribution in [3.8, 4) is 0 Å². The van der Waals surface area contributed by atoms with Crippen molar-refractivity contribution in [3.63, 3.8) is 0 Å². The number of benzene rings is 1. The number of imidazole rings is 1. The first-order valence-electron chi connectivity index (χ1n) is 11.0. The van der Waals surface area contributed by atoms with Crippen LogP contribution in [0, 0.1) is 6.92 Å². The topological polar surface area (TPSA) is 81.8 Å². The molecule has 3 aromatic rings. The van der Waals surface area contributed by atoms with Crippen LogP contribution in [0.5, 0.6) is 0 Å². The number of hydrogen-bond acceptors (Lipinski definition) is 4. The van der Waals surface area contributed by atoms with E-state index in [-0.39, 0.29) is 17.5 Å². The van der Waals surface area contributed by atoms with Gasteiger partial charge in [0.25, 0.3) is 11.5 Å². The molecule has 5 rings (SSSR count). The van der Waals surface area contributed by atoms with E-state index in [2.05, 4.69) is 14.9 Å². The number of carbonyl (C=O) groups excluding carboxylic acids is 1. The molecule has 1 unspecified atom stereocenters. The number of carbonyl (C=O) groups is 1. The molecular weight excluding hydrogens is 378 g/mol. The van der Waals surface area contributed by atoms with Gasteiger partial charge in [-0.3, -0.25) is 14.2 Å². The minimum absolute atomic E-state index is 0.0131. The predicted octanol–water partition coefficient (Wildman–Crippen LogP) is 2.76. The summed E-state index contributed by atoms with van der Waals surface area (Å²) >= 11 is 0. The zero-order valence-electron chi connectivity index (χ0n) is 17.4. The van der Waals surface area contributed by atoms with Gasteiger partial charge in [0.05, 0.1) is 16.6 Å². The van der Waals surface area contributed by atoms with Crippen LogP contribution in [0.2, 0.25) is 0 Å². The number of fused-ring (bicyclic) bond motifs is 3. The summed E-state index contributed by atoms with van der Waals surface area (Å²) in [5, 5.41) is 3.74. The van der Waals surface area contributed by atoms with Crippen molar-refractivity contribution in [2.75, 3.05) is 0 Å². The summed E-state index contributed by atoms with van der Waals surface area (Å²) < 4.78 is 3.96. The van der Waals surface area contributed by atoms with Crippen LogP contribution in [-0.2, 0) is 25.9 Å². The highest BCUT2D eigenvalue weighted by Gasteiger charge is 2.22. The fourth-order valence-corrected chi connectivity index (χ4v) is 4.71. The van der Waals surface area contributed by atoms with E-state index < -0.39 is 0 Å². The van der Waals surface area contributed by atoms with E-state index in [9.17, 15) is 9.59 Å². The molecule has 0 aliphatic carbocycles. The molecule has 1 N–H and O–H groups in total. The van der Waals surface area contributed by atoms with Crippen LogP contribution in [0.1, 0.15) is 59.8 Å². The van der Waals surface area contributed by atoms with Crippen LogP contribution < -0.4 is 10.9 Å². The maximum absolute atomic E-state index is 13.0. The summed E-state index contributed by atoms with van der Waals surface area (Å²) in [6.45, 7) is 3.46. The van der Waals surface area contributed by atoms with Gasteiger partial charge < -0.3 is 9.88 Å². The van der Waals surface area contributed by atoms with Gasteiger partial charge in [0, 0.05) is 43.7 Å². The van der Waals surface area contributed by atoms with Gasteiger partial charge in [0.1, 0.15) is 11.6 Å². The third-order valence-electron chi connectivity index (χ3n) is 6.28. The average Bonchev–Trinajstić information content (AvgIpc) is 3.08. The van der Waals surface area contributed by atoms with Crippen molar-refractivity contribution in [3.05, 3.63) is 57.7 Å². The first kappa shape index (κ1) is 19.0. The Morgan fingerprint density at radius 2 is 1.97 bits per heavy atom. The second-order valence-electron chi connectivity index (χ2n) is 8.54. The summed E-state index contributed by atoms with van der Waals surface area (Å²) in [6.07, 6.45) is 8.99. The van der Waals surface area contributed by atoms with Gasteiger partial charge >= 0.3 is 0 Å². The molecule has 0 spiro atoms. The van der Waals surface area contributed by atoms with Crippen molar-refractivity contribution in [1.82, 2.24) is 24.4 Å². The molecule has 156 valence electrons. The molecule has 2 aliphatic heterocycles. The average molecular weight is 406 g/mol. The van der Waals surface area contributed by atoms with Gasteiger partial charge in [-0.25, -0.2) is 9.97 Å². The molecule has 7 heteroatoms. The molecule has 0 fully saturated rings. The van der Waals surface area contributed by atoms with Crippen LogP contribution in [0.15, 0.2) is 29.2 Å². The number of hydrogen-bond donors (Lipinski definition) is 1. The molecule has 7 nitrogen and oxygen atoms in total. The van der Waals surface area contributed by atoms with Crippen LogP contribution in [0.4, 0.5) is 0 Å². The first-order valence-corrected chi connectivity index (χ1v) is 11.0. The van der Waals surface area contributed by atoms with Gasteiger partial charge in [-0.2, -0.15) is 0 Å². The summed E-state index contributed by atoms with van der Waals surface area (Å²) in [6, 6.07) is 5.33. The number of nitrogens with zero attached hydrogens (tertiary/aromatic N) is 4. The highest BCUT2D eigenvalue weighted by atomic mass is 16.1. The lowest BCUT2D eigenvalue weighted by Gasteiger charge is -2.24. The number of nitrogens with one attached hydrogen (secondary N) is 1. The molecule has 1 atom stereocenters. The van der Waals surface area contributed by atoms with Crippen molar-refractivity contribution in [1.29, 1.82) is 0 Å². The summed E-state index contributed by atoms with van der Waals surface area (Å²) in [5.74, 6) is 1.82. The third kappa shape index (κ3) is 3.53. The van der Waals surface area contributed by atoms with Gasteiger partial charge in [0.2, 0.25) is 0 Å². The smallest absolute Gasteiger partial charge is 0.261 e. The lowest BCUT2D eigenvalue weighted by atomic mass is 10.1. The highest BCUT2D eigenvalue weighted by molar-refractivity contribution is 5.97. The Balaban J connectivity index is 1.40. The monoisotopic (exact) mass is 405 g/mol. The van der Waals surface area contributed by atoms with E-state index in [1.54, 1.807) is 18.2 Å². The standard InChI is InChI=1S/C23H27N5O2/c1-15-13-27-14-17(8-10-20(27)24-15)25-22(29)16-7-9-18-19(12-16)26-21-6-4-2-3-5-11-28(21)23(18)30/h7,9,12-13,17H,2-6,8,10-11,14H2,1H3,(H,25,29). The van der Waals surface area contributed by atoms with Gasteiger partial charge in [-0.15, -0.1) is 0 Å². The Bertz CT molecular complexity index is 1180. The van der Waals surface area contributed by atoms with E-state index in [4.69, 9.17) is 4.98 Å². The third-order valence-corrected chi connectivity index (χ3v) is 6.28. The molecule has 0 saturated heterocycles.